The first-order chi connectivity index (χ1) is 9.54. The van der Waals surface area contributed by atoms with Gasteiger partial charge in [-0.15, -0.1) is 12.4 Å². The summed E-state index contributed by atoms with van der Waals surface area (Å²) in [5.74, 6) is 0.897. The first kappa shape index (κ1) is 19.8. The Kier molecular flexibility index (Phi) is 9.94. The van der Waals surface area contributed by atoms with Gasteiger partial charge >= 0.3 is 0 Å². The Morgan fingerprint density at radius 2 is 2.14 bits per heavy atom. The van der Waals surface area contributed by atoms with Crippen LogP contribution in [0.4, 0.5) is 0 Å². The SMILES string of the molecule is CSCCC(N)C(=O)NC(C)C(=O)NCc1ccco1.Cl. The van der Waals surface area contributed by atoms with E-state index in [1.165, 1.54) is 6.26 Å². The van der Waals surface area contributed by atoms with Crippen molar-refractivity contribution in [3.8, 4) is 0 Å². The fraction of sp³-hybridized carbons (Fsp3) is 0.538. The number of hydrogen-bond acceptors (Lipinski definition) is 5. The molecule has 1 heterocycles. The summed E-state index contributed by atoms with van der Waals surface area (Å²) in [4.78, 5) is 23.6. The minimum Gasteiger partial charge on any atom is -0.467 e. The van der Waals surface area contributed by atoms with Crippen LogP contribution in [0.2, 0.25) is 0 Å². The Balaban J connectivity index is 0.00000400. The van der Waals surface area contributed by atoms with Crippen LogP contribution in [0.3, 0.4) is 0 Å². The van der Waals surface area contributed by atoms with Gasteiger partial charge < -0.3 is 20.8 Å². The number of furan rings is 1. The van der Waals surface area contributed by atoms with Crippen LogP contribution in [0.25, 0.3) is 0 Å². The van der Waals surface area contributed by atoms with E-state index in [-0.39, 0.29) is 24.2 Å². The number of rotatable bonds is 8. The molecule has 21 heavy (non-hydrogen) atoms. The van der Waals surface area contributed by atoms with Gasteiger partial charge in [-0.1, -0.05) is 0 Å². The Labute approximate surface area is 135 Å². The number of nitrogens with one attached hydrogen (secondary N) is 2. The molecule has 0 bridgehead atoms. The summed E-state index contributed by atoms with van der Waals surface area (Å²) in [6.07, 6.45) is 4.08. The molecule has 0 spiro atoms. The van der Waals surface area contributed by atoms with E-state index >= 15 is 0 Å². The van der Waals surface area contributed by atoms with E-state index in [0.29, 0.717) is 18.7 Å². The van der Waals surface area contributed by atoms with E-state index in [2.05, 4.69) is 10.6 Å². The quantitative estimate of drug-likeness (QED) is 0.656. The fourth-order valence-electron chi connectivity index (χ4n) is 1.50. The number of carbonyl (C=O) groups is 2. The van der Waals surface area contributed by atoms with Crippen molar-refractivity contribution in [1.29, 1.82) is 0 Å². The van der Waals surface area contributed by atoms with Gasteiger partial charge in [-0.05, 0) is 37.5 Å². The summed E-state index contributed by atoms with van der Waals surface area (Å²) >= 11 is 1.63. The van der Waals surface area contributed by atoms with Crippen LogP contribution < -0.4 is 16.4 Å². The zero-order chi connectivity index (χ0) is 15.0. The third-order valence-corrected chi connectivity index (χ3v) is 3.38. The molecule has 8 heteroatoms. The highest BCUT2D eigenvalue weighted by Gasteiger charge is 2.19. The lowest BCUT2D eigenvalue weighted by Crippen LogP contribution is -2.50. The lowest BCUT2D eigenvalue weighted by atomic mass is 10.2. The molecular formula is C13H22ClN3O3S. The highest BCUT2D eigenvalue weighted by molar-refractivity contribution is 7.98. The minimum absolute atomic E-state index is 0. The second-order valence-corrected chi connectivity index (χ2v) is 5.40. The Hall–Kier alpha value is -1.18. The first-order valence-electron chi connectivity index (χ1n) is 6.39. The molecule has 0 aliphatic carbocycles. The highest BCUT2D eigenvalue weighted by atomic mass is 35.5. The second-order valence-electron chi connectivity index (χ2n) is 4.42. The number of carbonyl (C=O) groups excluding carboxylic acids is 2. The van der Waals surface area contributed by atoms with E-state index in [1.807, 2.05) is 6.26 Å². The van der Waals surface area contributed by atoms with Gasteiger partial charge in [-0.2, -0.15) is 11.8 Å². The van der Waals surface area contributed by atoms with Crippen LogP contribution in [0, 0.1) is 0 Å². The third-order valence-electron chi connectivity index (χ3n) is 2.74. The maximum Gasteiger partial charge on any atom is 0.242 e. The normalized spacial score (nSPS) is 12.9. The molecule has 0 aromatic carbocycles. The lowest BCUT2D eigenvalue weighted by Gasteiger charge is -2.16. The van der Waals surface area contributed by atoms with Crippen molar-refractivity contribution in [2.24, 2.45) is 5.73 Å². The van der Waals surface area contributed by atoms with Gasteiger partial charge in [0.15, 0.2) is 0 Å². The molecule has 0 aliphatic heterocycles. The van der Waals surface area contributed by atoms with Crippen LogP contribution in [0.5, 0.6) is 0 Å². The Morgan fingerprint density at radius 1 is 1.43 bits per heavy atom. The Bertz CT molecular complexity index is 428. The predicted molar refractivity (Wildman–Crippen MR) is 86.4 cm³/mol. The molecule has 4 N–H and O–H groups in total. The van der Waals surface area contributed by atoms with Crippen molar-refractivity contribution >= 4 is 36.0 Å². The molecule has 1 aromatic heterocycles. The average Bonchev–Trinajstić information content (AvgIpc) is 2.95. The largest absolute Gasteiger partial charge is 0.467 e. The molecule has 0 fully saturated rings. The number of thioether (sulfide) groups is 1. The fourth-order valence-corrected chi connectivity index (χ4v) is 1.99. The topological polar surface area (TPSA) is 97.4 Å². The van der Waals surface area contributed by atoms with Gasteiger partial charge in [0, 0.05) is 0 Å². The van der Waals surface area contributed by atoms with E-state index in [1.54, 1.807) is 30.8 Å². The van der Waals surface area contributed by atoms with Crippen LogP contribution >= 0.6 is 24.2 Å². The van der Waals surface area contributed by atoms with Gasteiger partial charge in [-0.25, -0.2) is 0 Å². The molecule has 2 unspecified atom stereocenters. The summed E-state index contributed by atoms with van der Waals surface area (Å²) in [6.45, 7) is 1.92. The van der Waals surface area contributed by atoms with E-state index in [9.17, 15) is 9.59 Å². The van der Waals surface area contributed by atoms with Gasteiger partial charge in [0.05, 0.1) is 18.8 Å². The standard InChI is InChI=1S/C13H21N3O3S.ClH/c1-9(16-13(18)11(14)5-7-20-2)12(17)15-8-10-4-3-6-19-10;/h3-4,6,9,11H,5,7-8,14H2,1-2H3,(H,15,17)(H,16,18);1H. The summed E-state index contributed by atoms with van der Waals surface area (Å²) in [5.41, 5.74) is 5.73. The molecule has 1 aromatic rings. The summed E-state index contributed by atoms with van der Waals surface area (Å²) in [6, 6.07) is 2.31. The lowest BCUT2D eigenvalue weighted by molar-refractivity contribution is -0.129. The highest BCUT2D eigenvalue weighted by Crippen LogP contribution is 2.00. The van der Waals surface area contributed by atoms with Crippen LogP contribution in [0.1, 0.15) is 19.1 Å². The van der Waals surface area contributed by atoms with Crippen molar-refractivity contribution in [2.45, 2.75) is 32.0 Å². The van der Waals surface area contributed by atoms with Gasteiger partial charge in [0.2, 0.25) is 11.8 Å². The van der Waals surface area contributed by atoms with Crippen LogP contribution in [-0.4, -0.2) is 35.9 Å². The minimum atomic E-state index is -0.627. The zero-order valence-electron chi connectivity index (χ0n) is 12.1. The molecule has 0 radical (unpaired) electrons. The number of nitrogens with two attached hydrogens (primary N) is 1. The summed E-state index contributed by atoms with van der Waals surface area (Å²) in [5, 5.41) is 5.28. The van der Waals surface area contributed by atoms with Crippen molar-refractivity contribution < 1.29 is 14.0 Å². The van der Waals surface area contributed by atoms with Crippen LogP contribution in [0.15, 0.2) is 22.8 Å². The van der Waals surface area contributed by atoms with E-state index in [4.69, 9.17) is 10.2 Å². The number of hydrogen-bond donors (Lipinski definition) is 3. The zero-order valence-corrected chi connectivity index (χ0v) is 13.8. The molecule has 0 saturated carbocycles. The summed E-state index contributed by atoms with van der Waals surface area (Å²) in [7, 11) is 0. The van der Waals surface area contributed by atoms with Gasteiger partial charge in [-0.3, -0.25) is 9.59 Å². The molecule has 0 aliphatic rings. The van der Waals surface area contributed by atoms with Crippen molar-refractivity contribution in [3.05, 3.63) is 24.2 Å². The maximum atomic E-state index is 11.8. The van der Waals surface area contributed by atoms with E-state index in [0.717, 1.165) is 5.75 Å². The van der Waals surface area contributed by atoms with Crippen LogP contribution in [-0.2, 0) is 16.1 Å². The van der Waals surface area contributed by atoms with Crippen molar-refractivity contribution in [1.82, 2.24) is 10.6 Å². The summed E-state index contributed by atoms with van der Waals surface area (Å²) < 4.78 is 5.10. The number of amides is 2. The predicted octanol–water partition coefficient (Wildman–Crippen LogP) is 0.903. The van der Waals surface area contributed by atoms with Crippen molar-refractivity contribution in [3.63, 3.8) is 0 Å². The molecule has 1 rings (SSSR count). The molecule has 120 valence electrons. The first-order valence-corrected chi connectivity index (χ1v) is 7.79. The molecule has 6 nitrogen and oxygen atoms in total. The molecular weight excluding hydrogens is 314 g/mol. The van der Waals surface area contributed by atoms with E-state index < -0.39 is 12.1 Å². The molecule has 0 saturated heterocycles. The molecule has 2 amide bonds. The smallest absolute Gasteiger partial charge is 0.242 e. The molecule has 2 atom stereocenters. The van der Waals surface area contributed by atoms with Gasteiger partial charge in [0.1, 0.15) is 11.8 Å². The average molecular weight is 336 g/mol. The number of halogens is 1. The second kappa shape index (κ2) is 10.5. The van der Waals surface area contributed by atoms with Crippen molar-refractivity contribution in [2.75, 3.05) is 12.0 Å². The maximum absolute atomic E-state index is 11.8. The Morgan fingerprint density at radius 3 is 2.71 bits per heavy atom. The monoisotopic (exact) mass is 335 g/mol. The third kappa shape index (κ3) is 7.40. The van der Waals surface area contributed by atoms with Gasteiger partial charge in [0.25, 0.3) is 0 Å².